The van der Waals surface area contributed by atoms with Crippen molar-refractivity contribution in [2.24, 2.45) is 17.5 Å². The summed E-state index contributed by atoms with van der Waals surface area (Å²) in [6, 6.07) is 2.01. The Bertz CT molecular complexity index is 443. The van der Waals surface area contributed by atoms with Crippen molar-refractivity contribution in [3.8, 4) is 0 Å². The van der Waals surface area contributed by atoms with Crippen LogP contribution in [0.25, 0.3) is 0 Å². The van der Waals surface area contributed by atoms with Gasteiger partial charge in [0.25, 0.3) is 0 Å². The van der Waals surface area contributed by atoms with Crippen molar-refractivity contribution < 1.29 is 0 Å². The number of aliphatic imine (C=N–C) groups is 1. The minimum Gasteiger partial charge on any atom is -0.357 e. The van der Waals surface area contributed by atoms with Crippen LogP contribution in [0.2, 0.25) is 0 Å². The Kier molecular flexibility index (Phi) is 5.04. The number of nitrogens with one attached hydrogen (secondary N) is 2. The minimum atomic E-state index is 0.433. The molecule has 0 spiro atoms. The van der Waals surface area contributed by atoms with Gasteiger partial charge in [0.15, 0.2) is 5.96 Å². The molecule has 1 aliphatic carbocycles. The summed E-state index contributed by atoms with van der Waals surface area (Å²) in [6.45, 7) is 7.01. The van der Waals surface area contributed by atoms with Crippen LogP contribution < -0.4 is 10.6 Å². The summed E-state index contributed by atoms with van der Waals surface area (Å²) in [5, 5.41) is 11.0. The van der Waals surface area contributed by atoms with Gasteiger partial charge in [0.05, 0.1) is 12.2 Å². The predicted octanol–water partition coefficient (Wildman–Crippen LogP) is 2.06. The molecule has 1 saturated carbocycles. The summed E-state index contributed by atoms with van der Waals surface area (Å²) in [6.07, 6.45) is 7.18. The van der Waals surface area contributed by atoms with E-state index in [1.54, 1.807) is 0 Å². The van der Waals surface area contributed by atoms with E-state index in [0.717, 1.165) is 24.7 Å². The Labute approximate surface area is 121 Å². The fraction of sp³-hybridized carbons (Fsp3) is 0.733. The number of rotatable bonds is 5. The van der Waals surface area contributed by atoms with Gasteiger partial charge in [-0.1, -0.05) is 19.8 Å². The van der Waals surface area contributed by atoms with Crippen molar-refractivity contribution in [1.82, 2.24) is 20.4 Å². The topological polar surface area (TPSA) is 54.2 Å². The van der Waals surface area contributed by atoms with Crippen molar-refractivity contribution >= 4 is 5.96 Å². The first-order valence-electron chi connectivity index (χ1n) is 7.62. The molecule has 5 heteroatoms. The Balaban J connectivity index is 1.90. The van der Waals surface area contributed by atoms with Crippen LogP contribution in [0.5, 0.6) is 0 Å². The first kappa shape index (κ1) is 14.9. The molecule has 0 radical (unpaired) electrons. The van der Waals surface area contributed by atoms with Gasteiger partial charge in [0, 0.05) is 26.3 Å². The van der Waals surface area contributed by atoms with E-state index in [1.807, 2.05) is 24.0 Å². The molecule has 0 aliphatic heterocycles. The molecule has 1 aromatic rings. The normalized spacial score (nSPS) is 18.2. The van der Waals surface area contributed by atoms with E-state index in [-0.39, 0.29) is 0 Å². The maximum Gasteiger partial charge on any atom is 0.191 e. The SMILES string of the molecule is CCNC(=NCc1ccnn1C)NCC1(C)CCCC1. The van der Waals surface area contributed by atoms with Gasteiger partial charge in [-0.3, -0.25) is 4.68 Å². The quantitative estimate of drug-likeness (QED) is 0.640. The Morgan fingerprint density at radius 3 is 2.75 bits per heavy atom. The van der Waals surface area contributed by atoms with Gasteiger partial charge in [0.2, 0.25) is 0 Å². The smallest absolute Gasteiger partial charge is 0.191 e. The van der Waals surface area contributed by atoms with Crippen molar-refractivity contribution in [2.45, 2.75) is 46.1 Å². The molecule has 1 heterocycles. The van der Waals surface area contributed by atoms with Gasteiger partial charge in [-0.05, 0) is 31.2 Å². The second-order valence-electron chi connectivity index (χ2n) is 6.01. The number of hydrogen-bond donors (Lipinski definition) is 2. The van der Waals surface area contributed by atoms with Crippen LogP contribution in [-0.4, -0.2) is 28.8 Å². The van der Waals surface area contributed by atoms with Crippen LogP contribution in [0, 0.1) is 5.41 Å². The third-order valence-corrected chi connectivity index (χ3v) is 4.16. The molecule has 20 heavy (non-hydrogen) atoms. The number of aromatic nitrogens is 2. The molecule has 0 unspecified atom stereocenters. The summed E-state index contributed by atoms with van der Waals surface area (Å²) in [5.74, 6) is 0.904. The van der Waals surface area contributed by atoms with Crippen molar-refractivity contribution in [3.63, 3.8) is 0 Å². The Morgan fingerprint density at radius 1 is 1.40 bits per heavy atom. The zero-order valence-electron chi connectivity index (χ0n) is 12.9. The van der Waals surface area contributed by atoms with Crippen LogP contribution in [0.3, 0.4) is 0 Å². The molecule has 1 aromatic heterocycles. The van der Waals surface area contributed by atoms with Crippen molar-refractivity contribution in [1.29, 1.82) is 0 Å². The number of guanidine groups is 1. The van der Waals surface area contributed by atoms with Gasteiger partial charge in [0.1, 0.15) is 0 Å². The molecular weight excluding hydrogens is 250 g/mol. The highest BCUT2D eigenvalue weighted by Crippen LogP contribution is 2.36. The molecule has 0 atom stereocenters. The molecule has 0 amide bonds. The molecule has 0 aromatic carbocycles. The van der Waals surface area contributed by atoms with Crippen molar-refractivity contribution in [2.75, 3.05) is 13.1 Å². The highest BCUT2D eigenvalue weighted by molar-refractivity contribution is 5.79. The molecule has 2 rings (SSSR count). The third kappa shape index (κ3) is 3.99. The van der Waals surface area contributed by atoms with E-state index < -0.39 is 0 Å². The van der Waals surface area contributed by atoms with E-state index in [2.05, 4.69) is 34.6 Å². The lowest BCUT2D eigenvalue weighted by Gasteiger charge is -2.25. The lowest BCUT2D eigenvalue weighted by Crippen LogP contribution is -2.42. The number of hydrogen-bond acceptors (Lipinski definition) is 2. The minimum absolute atomic E-state index is 0.433. The summed E-state index contributed by atoms with van der Waals surface area (Å²) >= 11 is 0. The number of aryl methyl sites for hydroxylation is 1. The first-order valence-corrected chi connectivity index (χ1v) is 7.62. The van der Waals surface area contributed by atoms with E-state index in [1.165, 1.54) is 25.7 Å². The zero-order chi connectivity index (χ0) is 14.4. The van der Waals surface area contributed by atoms with Gasteiger partial charge in [-0.2, -0.15) is 5.10 Å². The van der Waals surface area contributed by atoms with Crippen LogP contribution in [0.15, 0.2) is 17.3 Å². The van der Waals surface area contributed by atoms with Gasteiger partial charge in [-0.15, -0.1) is 0 Å². The maximum absolute atomic E-state index is 4.64. The molecule has 1 fully saturated rings. The van der Waals surface area contributed by atoms with E-state index in [9.17, 15) is 0 Å². The van der Waals surface area contributed by atoms with E-state index in [0.29, 0.717) is 12.0 Å². The van der Waals surface area contributed by atoms with Crippen molar-refractivity contribution in [3.05, 3.63) is 18.0 Å². The van der Waals surface area contributed by atoms with Gasteiger partial charge in [-0.25, -0.2) is 4.99 Å². The Hall–Kier alpha value is -1.52. The summed E-state index contributed by atoms with van der Waals surface area (Å²) in [7, 11) is 1.95. The molecule has 2 N–H and O–H groups in total. The van der Waals surface area contributed by atoms with Gasteiger partial charge < -0.3 is 10.6 Å². The summed E-state index contributed by atoms with van der Waals surface area (Å²) < 4.78 is 1.87. The fourth-order valence-corrected chi connectivity index (χ4v) is 2.76. The zero-order valence-corrected chi connectivity index (χ0v) is 12.9. The fourth-order valence-electron chi connectivity index (χ4n) is 2.76. The van der Waals surface area contributed by atoms with Crippen LogP contribution in [0.1, 0.15) is 45.2 Å². The molecule has 1 aliphatic rings. The average molecular weight is 277 g/mol. The first-order chi connectivity index (χ1) is 9.63. The lowest BCUT2D eigenvalue weighted by molar-refractivity contribution is 0.334. The second-order valence-corrected chi connectivity index (χ2v) is 6.01. The largest absolute Gasteiger partial charge is 0.357 e. The monoisotopic (exact) mass is 277 g/mol. The summed E-state index contributed by atoms with van der Waals surface area (Å²) in [4.78, 5) is 4.64. The third-order valence-electron chi connectivity index (χ3n) is 4.16. The van der Waals surface area contributed by atoms with Crippen LogP contribution in [-0.2, 0) is 13.6 Å². The molecule has 0 saturated heterocycles. The number of nitrogens with zero attached hydrogens (tertiary/aromatic N) is 3. The van der Waals surface area contributed by atoms with E-state index >= 15 is 0 Å². The lowest BCUT2D eigenvalue weighted by atomic mass is 9.89. The average Bonchev–Trinajstić information content (AvgIpc) is 3.03. The highest BCUT2D eigenvalue weighted by Gasteiger charge is 2.28. The standard InChI is InChI=1S/C15H27N5/c1-4-16-14(17-11-13-7-10-19-20(13)3)18-12-15(2)8-5-6-9-15/h7,10H,4-6,8-9,11-12H2,1-3H3,(H2,16,17,18). The van der Waals surface area contributed by atoms with E-state index in [4.69, 9.17) is 0 Å². The van der Waals surface area contributed by atoms with Crippen LogP contribution >= 0.6 is 0 Å². The van der Waals surface area contributed by atoms with Crippen LogP contribution in [0.4, 0.5) is 0 Å². The second kappa shape index (κ2) is 6.77. The molecule has 0 bridgehead atoms. The predicted molar refractivity (Wildman–Crippen MR) is 82.6 cm³/mol. The summed E-state index contributed by atoms with van der Waals surface area (Å²) in [5.41, 5.74) is 1.55. The molecule has 5 nitrogen and oxygen atoms in total. The molecular formula is C15H27N5. The Morgan fingerprint density at radius 2 is 2.15 bits per heavy atom. The maximum atomic E-state index is 4.64. The highest BCUT2D eigenvalue weighted by atomic mass is 15.3. The molecule has 112 valence electrons. The van der Waals surface area contributed by atoms with Gasteiger partial charge >= 0.3 is 0 Å².